The Morgan fingerprint density at radius 3 is 2.52 bits per heavy atom. The van der Waals surface area contributed by atoms with E-state index < -0.39 is 50.1 Å². The van der Waals surface area contributed by atoms with Crippen molar-refractivity contribution >= 4 is 7.82 Å². The van der Waals surface area contributed by atoms with Gasteiger partial charge in [0.1, 0.15) is 24.4 Å². The Kier molecular flexibility index (Phi) is 4.44. The van der Waals surface area contributed by atoms with Gasteiger partial charge in [-0.25, -0.2) is 9.36 Å². The molecule has 0 saturated carbocycles. The number of rotatable bonds is 4. The molecular weight excluding hydrogens is 311 g/mol. The summed E-state index contributed by atoms with van der Waals surface area (Å²) in [6.07, 6.45) is -4.54. The fourth-order valence-corrected chi connectivity index (χ4v) is 2.29. The molecule has 1 unspecified atom stereocenters. The Morgan fingerprint density at radius 1 is 1.29 bits per heavy atom. The van der Waals surface area contributed by atoms with Crippen LogP contribution in [0.1, 0.15) is 11.7 Å². The van der Waals surface area contributed by atoms with Crippen LogP contribution in [0.3, 0.4) is 0 Å². The molecule has 0 aromatic carbocycles. The monoisotopic (exact) mass is 324 g/mol. The second-order valence-electron chi connectivity index (χ2n) is 4.39. The first-order chi connectivity index (χ1) is 9.69. The molecule has 0 spiro atoms. The average Bonchev–Trinajstić information content (AvgIpc) is 2.64. The lowest BCUT2D eigenvalue weighted by atomic mass is 10.0. The Labute approximate surface area is 116 Å². The van der Waals surface area contributed by atoms with Crippen LogP contribution in [0.4, 0.5) is 0 Å². The van der Waals surface area contributed by atoms with E-state index in [2.05, 4.69) is 9.51 Å². The van der Waals surface area contributed by atoms with Gasteiger partial charge >= 0.3 is 13.5 Å². The summed E-state index contributed by atoms with van der Waals surface area (Å²) >= 11 is 0. The smallest absolute Gasteiger partial charge is 0.387 e. The number of hydrogen-bond acceptors (Lipinski definition) is 7. The number of aliphatic hydroxyl groups excluding tert-OH is 2. The van der Waals surface area contributed by atoms with Gasteiger partial charge in [0, 0.05) is 6.20 Å². The molecular formula is C9H13N2O9P. The van der Waals surface area contributed by atoms with Crippen molar-refractivity contribution in [2.75, 3.05) is 6.61 Å². The number of aromatic nitrogens is 2. The lowest BCUT2D eigenvalue weighted by molar-refractivity contribution is -0.0228. The van der Waals surface area contributed by atoms with Crippen LogP contribution in [-0.4, -0.2) is 54.9 Å². The van der Waals surface area contributed by atoms with E-state index in [0.29, 0.717) is 0 Å². The largest absolute Gasteiger partial charge is 0.469 e. The Morgan fingerprint density at radius 2 is 1.95 bits per heavy atom. The predicted molar refractivity (Wildman–Crippen MR) is 65.3 cm³/mol. The highest BCUT2D eigenvalue weighted by Crippen LogP contribution is 2.38. The minimum absolute atomic E-state index is 0.139. The number of nitrogens with one attached hydrogen (secondary N) is 2. The topological polar surface area (TPSA) is 182 Å². The maximum Gasteiger partial charge on any atom is 0.469 e. The maximum atomic E-state index is 11.6. The lowest BCUT2D eigenvalue weighted by Crippen LogP contribution is -2.34. The van der Waals surface area contributed by atoms with Crippen molar-refractivity contribution in [2.45, 2.75) is 24.4 Å². The van der Waals surface area contributed by atoms with Crippen molar-refractivity contribution in [1.82, 2.24) is 9.97 Å². The molecule has 2 rings (SSSR count). The number of ether oxygens (including phenoxy) is 1. The zero-order valence-electron chi connectivity index (χ0n) is 10.4. The molecule has 1 aliphatic rings. The minimum atomic E-state index is -4.76. The minimum Gasteiger partial charge on any atom is -0.387 e. The van der Waals surface area contributed by atoms with Crippen molar-refractivity contribution in [2.24, 2.45) is 0 Å². The zero-order chi connectivity index (χ0) is 15.8. The summed E-state index contributed by atoms with van der Waals surface area (Å²) in [4.78, 5) is 43.8. The molecule has 0 amide bonds. The van der Waals surface area contributed by atoms with E-state index >= 15 is 0 Å². The molecule has 21 heavy (non-hydrogen) atoms. The zero-order valence-corrected chi connectivity index (χ0v) is 11.3. The average molecular weight is 324 g/mol. The van der Waals surface area contributed by atoms with Crippen molar-refractivity contribution < 1.29 is 33.8 Å². The molecule has 12 heteroatoms. The molecule has 1 aliphatic heterocycles. The molecule has 11 nitrogen and oxygen atoms in total. The van der Waals surface area contributed by atoms with Gasteiger partial charge in [0.2, 0.25) is 0 Å². The van der Waals surface area contributed by atoms with Crippen LogP contribution in [0.5, 0.6) is 0 Å². The van der Waals surface area contributed by atoms with Gasteiger partial charge in [-0.3, -0.25) is 14.3 Å². The summed E-state index contributed by atoms with van der Waals surface area (Å²) in [5.41, 5.74) is -1.70. The third-order valence-corrected chi connectivity index (χ3v) is 3.41. The van der Waals surface area contributed by atoms with Gasteiger partial charge in [0.15, 0.2) is 0 Å². The van der Waals surface area contributed by atoms with Gasteiger partial charge < -0.3 is 29.7 Å². The van der Waals surface area contributed by atoms with Crippen molar-refractivity contribution in [1.29, 1.82) is 0 Å². The fraction of sp³-hybridized carbons (Fsp3) is 0.556. The summed E-state index contributed by atoms with van der Waals surface area (Å²) in [5, 5.41) is 19.6. The Balaban J connectivity index is 2.18. The van der Waals surface area contributed by atoms with E-state index in [9.17, 15) is 24.4 Å². The van der Waals surface area contributed by atoms with E-state index in [0.717, 1.165) is 6.20 Å². The van der Waals surface area contributed by atoms with Crippen LogP contribution < -0.4 is 11.2 Å². The number of phosphoric ester groups is 1. The molecule has 0 radical (unpaired) electrons. The lowest BCUT2D eigenvalue weighted by Gasteiger charge is -2.14. The number of H-pyrrole nitrogens is 2. The van der Waals surface area contributed by atoms with E-state index in [1.165, 1.54) is 0 Å². The van der Waals surface area contributed by atoms with Crippen LogP contribution >= 0.6 is 7.82 Å². The maximum absolute atomic E-state index is 11.6. The van der Waals surface area contributed by atoms with Crippen LogP contribution in [0.2, 0.25) is 0 Å². The molecule has 1 aromatic heterocycles. The highest BCUT2D eigenvalue weighted by molar-refractivity contribution is 7.46. The van der Waals surface area contributed by atoms with Crippen LogP contribution in [-0.2, 0) is 13.8 Å². The molecule has 6 N–H and O–H groups in total. The summed E-state index contributed by atoms with van der Waals surface area (Å²) < 4.78 is 20.0. The van der Waals surface area contributed by atoms with Gasteiger partial charge in [0.25, 0.3) is 5.56 Å². The molecule has 1 fully saturated rings. The van der Waals surface area contributed by atoms with E-state index in [1.807, 2.05) is 4.98 Å². The molecule has 4 atom stereocenters. The van der Waals surface area contributed by atoms with Gasteiger partial charge in [-0.2, -0.15) is 0 Å². The number of phosphoric acid groups is 1. The SMILES string of the molecule is O=c1[nH]cc([C@@H]2O[C@H](COP(=O)(O)O)C(O)[C@H]2O)c(=O)[nH]1. The standard InChI is InChI=1S/C9H13N2O9P/c12-5-4(2-19-21(16,17)18)20-7(6(5)13)3-1-10-9(15)11-8(3)14/h1,4-7,12-13H,2H2,(H2,16,17,18)(H2,10,11,14,15)/t4-,5?,6-,7+/m1/s1. The number of hydrogen-bond donors (Lipinski definition) is 6. The quantitative estimate of drug-likeness (QED) is 0.322. The Bertz CT molecular complexity index is 664. The van der Waals surface area contributed by atoms with Gasteiger partial charge in [-0.05, 0) is 0 Å². The highest BCUT2D eigenvalue weighted by Gasteiger charge is 2.45. The second kappa shape index (κ2) is 5.81. The molecule has 118 valence electrons. The third kappa shape index (κ3) is 3.66. The van der Waals surface area contributed by atoms with Crippen molar-refractivity contribution in [3.05, 3.63) is 32.6 Å². The molecule has 1 saturated heterocycles. The van der Waals surface area contributed by atoms with E-state index in [-0.39, 0.29) is 5.56 Å². The first-order valence-electron chi connectivity index (χ1n) is 5.72. The molecule has 0 bridgehead atoms. The van der Waals surface area contributed by atoms with Gasteiger partial charge in [-0.15, -0.1) is 0 Å². The van der Waals surface area contributed by atoms with Crippen LogP contribution in [0.25, 0.3) is 0 Å². The van der Waals surface area contributed by atoms with Gasteiger partial charge in [-0.1, -0.05) is 0 Å². The van der Waals surface area contributed by atoms with Crippen LogP contribution in [0.15, 0.2) is 15.8 Å². The summed E-state index contributed by atoms with van der Waals surface area (Å²) in [7, 11) is -4.76. The predicted octanol–water partition coefficient (Wildman–Crippen LogP) is -2.67. The second-order valence-corrected chi connectivity index (χ2v) is 5.63. The summed E-state index contributed by atoms with van der Waals surface area (Å²) in [6.45, 7) is -0.680. The van der Waals surface area contributed by atoms with E-state index in [1.54, 1.807) is 0 Å². The van der Waals surface area contributed by atoms with Crippen molar-refractivity contribution in [3.8, 4) is 0 Å². The van der Waals surface area contributed by atoms with Crippen molar-refractivity contribution in [3.63, 3.8) is 0 Å². The van der Waals surface area contributed by atoms with Gasteiger partial charge in [0.05, 0.1) is 12.2 Å². The summed E-state index contributed by atoms with van der Waals surface area (Å²) in [5.74, 6) is 0. The summed E-state index contributed by atoms with van der Waals surface area (Å²) in [6, 6.07) is 0. The van der Waals surface area contributed by atoms with Crippen LogP contribution in [0, 0.1) is 0 Å². The molecule has 2 heterocycles. The Hall–Kier alpha value is -1.33. The normalized spacial score (nSPS) is 29.7. The molecule has 0 aliphatic carbocycles. The number of aliphatic hydroxyl groups is 2. The highest BCUT2D eigenvalue weighted by atomic mass is 31.2. The third-order valence-electron chi connectivity index (χ3n) is 2.92. The molecule has 1 aromatic rings. The fourth-order valence-electron chi connectivity index (χ4n) is 1.95. The van der Waals surface area contributed by atoms with E-state index in [4.69, 9.17) is 14.5 Å². The first-order valence-corrected chi connectivity index (χ1v) is 7.25. The first kappa shape index (κ1) is 16.0. The number of aromatic amines is 2.